The summed E-state index contributed by atoms with van der Waals surface area (Å²) >= 11 is 9.47. The molecule has 1 atom stereocenters. The van der Waals surface area contributed by atoms with Crippen LogP contribution in [0.25, 0.3) is 11.0 Å². The summed E-state index contributed by atoms with van der Waals surface area (Å²) in [5, 5.41) is 5.31. The number of benzene rings is 2. The molecule has 0 amide bonds. The molecule has 108 valence electrons. The van der Waals surface area contributed by atoms with Crippen LogP contribution in [0, 0.1) is 6.92 Å². The number of halogens is 2. The van der Waals surface area contributed by atoms with Gasteiger partial charge in [0.05, 0.1) is 6.04 Å². The molecule has 1 N–H and O–H groups in total. The van der Waals surface area contributed by atoms with Gasteiger partial charge in [-0.25, -0.2) is 0 Å². The second-order valence-corrected chi connectivity index (χ2v) is 6.51. The topological polar surface area (TPSA) is 25.2 Å². The van der Waals surface area contributed by atoms with Gasteiger partial charge in [0.1, 0.15) is 11.3 Å². The Hall–Kier alpha value is -1.45. The molecular formula is C17H15BrClNO. The quantitative estimate of drug-likeness (QED) is 0.587. The predicted molar refractivity (Wildman–Crippen MR) is 92.1 cm³/mol. The molecule has 0 fully saturated rings. The highest BCUT2D eigenvalue weighted by Gasteiger charge is 2.12. The molecule has 21 heavy (non-hydrogen) atoms. The molecule has 1 aromatic heterocycles. The Morgan fingerprint density at radius 1 is 1.14 bits per heavy atom. The highest BCUT2D eigenvalue weighted by atomic mass is 79.9. The molecule has 0 aliphatic heterocycles. The van der Waals surface area contributed by atoms with Crippen molar-refractivity contribution < 1.29 is 4.42 Å². The molecule has 2 aromatic carbocycles. The van der Waals surface area contributed by atoms with Crippen LogP contribution >= 0.6 is 27.5 Å². The largest absolute Gasteiger partial charge is 0.459 e. The minimum atomic E-state index is 0.0797. The van der Waals surface area contributed by atoms with Crippen molar-refractivity contribution in [2.75, 3.05) is 5.32 Å². The first-order chi connectivity index (χ1) is 10.0. The van der Waals surface area contributed by atoms with Crippen LogP contribution in [0.15, 0.2) is 51.4 Å². The van der Waals surface area contributed by atoms with Crippen molar-refractivity contribution in [3.63, 3.8) is 0 Å². The average molecular weight is 365 g/mol. The SMILES string of the molecule is Cc1cc(Cl)ccc1NC(C)c1cc2cc(Br)ccc2o1. The van der Waals surface area contributed by atoms with Crippen LogP contribution in [0.4, 0.5) is 5.69 Å². The van der Waals surface area contributed by atoms with E-state index in [1.807, 2.05) is 37.3 Å². The van der Waals surface area contributed by atoms with E-state index in [4.69, 9.17) is 16.0 Å². The maximum Gasteiger partial charge on any atom is 0.134 e. The first kappa shape index (κ1) is 14.5. The molecule has 0 saturated heterocycles. The first-order valence-electron chi connectivity index (χ1n) is 6.74. The van der Waals surface area contributed by atoms with Crippen molar-refractivity contribution in [2.24, 2.45) is 0 Å². The van der Waals surface area contributed by atoms with Gasteiger partial charge in [0.25, 0.3) is 0 Å². The zero-order valence-corrected chi connectivity index (χ0v) is 14.1. The average Bonchev–Trinajstić information content (AvgIpc) is 2.85. The van der Waals surface area contributed by atoms with Gasteiger partial charge in [0.15, 0.2) is 0 Å². The summed E-state index contributed by atoms with van der Waals surface area (Å²) in [5.74, 6) is 0.914. The third-order valence-corrected chi connectivity index (χ3v) is 4.21. The van der Waals surface area contributed by atoms with Gasteiger partial charge < -0.3 is 9.73 Å². The number of hydrogen-bond donors (Lipinski definition) is 1. The zero-order valence-electron chi connectivity index (χ0n) is 11.8. The van der Waals surface area contributed by atoms with Gasteiger partial charge in [0.2, 0.25) is 0 Å². The maximum atomic E-state index is 5.99. The van der Waals surface area contributed by atoms with Crippen LogP contribution in [-0.2, 0) is 0 Å². The lowest BCUT2D eigenvalue weighted by Gasteiger charge is -2.15. The van der Waals surface area contributed by atoms with E-state index in [2.05, 4.69) is 40.3 Å². The number of aryl methyl sites for hydroxylation is 1. The van der Waals surface area contributed by atoms with Crippen LogP contribution in [0.3, 0.4) is 0 Å². The van der Waals surface area contributed by atoms with Gasteiger partial charge >= 0.3 is 0 Å². The Kier molecular flexibility index (Phi) is 3.96. The highest BCUT2D eigenvalue weighted by molar-refractivity contribution is 9.10. The van der Waals surface area contributed by atoms with E-state index >= 15 is 0 Å². The van der Waals surface area contributed by atoms with Crippen LogP contribution in [0.2, 0.25) is 5.02 Å². The molecule has 0 aliphatic carbocycles. The smallest absolute Gasteiger partial charge is 0.134 e. The molecule has 4 heteroatoms. The fraction of sp³-hybridized carbons (Fsp3) is 0.176. The number of fused-ring (bicyclic) bond motifs is 1. The lowest BCUT2D eigenvalue weighted by Crippen LogP contribution is -2.06. The van der Waals surface area contributed by atoms with E-state index < -0.39 is 0 Å². The summed E-state index contributed by atoms with van der Waals surface area (Å²) in [4.78, 5) is 0. The Morgan fingerprint density at radius 2 is 1.95 bits per heavy atom. The van der Waals surface area contributed by atoms with Gasteiger partial charge in [-0.1, -0.05) is 27.5 Å². The van der Waals surface area contributed by atoms with E-state index in [0.29, 0.717) is 0 Å². The molecule has 0 spiro atoms. The fourth-order valence-corrected chi connectivity index (χ4v) is 2.95. The molecule has 0 radical (unpaired) electrons. The second kappa shape index (κ2) is 5.74. The second-order valence-electron chi connectivity index (χ2n) is 5.16. The number of nitrogens with one attached hydrogen (secondary N) is 1. The van der Waals surface area contributed by atoms with E-state index in [1.165, 1.54) is 0 Å². The van der Waals surface area contributed by atoms with Gasteiger partial charge in [-0.15, -0.1) is 0 Å². The summed E-state index contributed by atoms with van der Waals surface area (Å²) in [6.45, 7) is 4.12. The summed E-state index contributed by atoms with van der Waals surface area (Å²) in [6.07, 6.45) is 0. The van der Waals surface area contributed by atoms with Gasteiger partial charge in [-0.05, 0) is 61.9 Å². The van der Waals surface area contributed by atoms with Crippen LogP contribution in [0.5, 0.6) is 0 Å². The van der Waals surface area contributed by atoms with Crippen molar-refractivity contribution in [1.29, 1.82) is 0 Å². The van der Waals surface area contributed by atoms with Crippen LogP contribution in [0.1, 0.15) is 24.3 Å². The van der Waals surface area contributed by atoms with Crippen molar-refractivity contribution in [3.8, 4) is 0 Å². The van der Waals surface area contributed by atoms with Crippen molar-refractivity contribution in [2.45, 2.75) is 19.9 Å². The van der Waals surface area contributed by atoms with Crippen molar-refractivity contribution >= 4 is 44.2 Å². The molecular weight excluding hydrogens is 350 g/mol. The molecule has 0 saturated carbocycles. The monoisotopic (exact) mass is 363 g/mol. The van der Waals surface area contributed by atoms with Crippen LogP contribution < -0.4 is 5.32 Å². The Balaban J connectivity index is 1.87. The number of furan rings is 1. The Morgan fingerprint density at radius 3 is 2.71 bits per heavy atom. The standard InChI is InChI=1S/C17H15BrClNO/c1-10-7-14(19)4-5-15(10)20-11(2)17-9-12-8-13(18)3-6-16(12)21-17/h3-9,11,20H,1-2H3. The molecule has 1 heterocycles. The summed E-state index contributed by atoms with van der Waals surface area (Å²) < 4.78 is 6.96. The maximum absolute atomic E-state index is 5.99. The molecule has 2 nitrogen and oxygen atoms in total. The molecule has 3 rings (SSSR count). The lowest BCUT2D eigenvalue weighted by molar-refractivity contribution is 0.526. The minimum Gasteiger partial charge on any atom is -0.459 e. The van der Waals surface area contributed by atoms with Crippen molar-refractivity contribution in [1.82, 2.24) is 0 Å². The minimum absolute atomic E-state index is 0.0797. The molecule has 1 unspecified atom stereocenters. The Bertz CT molecular complexity index is 797. The number of anilines is 1. The van der Waals surface area contributed by atoms with E-state index in [0.717, 1.165) is 37.5 Å². The predicted octanol–water partition coefficient (Wildman–Crippen LogP) is 6.33. The summed E-state index contributed by atoms with van der Waals surface area (Å²) in [6, 6.07) is 14.0. The number of rotatable bonds is 3. The molecule has 0 bridgehead atoms. The molecule has 3 aromatic rings. The number of hydrogen-bond acceptors (Lipinski definition) is 2. The van der Waals surface area contributed by atoms with Gasteiger partial charge in [-0.3, -0.25) is 0 Å². The van der Waals surface area contributed by atoms with Gasteiger partial charge in [-0.2, -0.15) is 0 Å². The fourth-order valence-electron chi connectivity index (χ4n) is 2.34. The highest BCUT2D eigenvalue weighted by Crippen LogP contribution is 2.29. The summed E-state index contributed by atoms with van der Waals surface area (Å²) in [5.41, 5.74) is 3.08. The zero-order chi connectivity index (χ0) is 15.0. The van der Waals surface area contributed by atoms with E-state index in [9.17, 15) is 0 Å². The lowest BCUT2D eigenvalue weighted by atomic mass is 10.1. The summed E-state index contributed by atoms with van der Waals surface area (Å²) in [7, 11) is 0. The van der Waals surface area contributed by atoms with E-state index in [1.54, 1.807) is 0 Å². The van der Waals surface area contributed by atoms with Crippen LogP contribution in [-0.4, -0.2) is 0 Å². The van der Waals surface area contributed by atoms with Crippen molar-refractivity contribution in [3.05, 3.63) is 63.3 Å². The molecule has 0 aliphatic rings. The Labute approximate surface area is 137 Å². The third-order valence-electron chi connectivity index (χ3n) is 3.48. The van der Waals surface area contributed by atoms with E-state index in [-0.39, 0.29) is 6.04 Å². The third kappa shape index (κ3) is 3.09. The normalized spacial score (nSPS) is 12.6. The van der Waals surface area contributed by atoms with Gasteiger partial charge in [0, 0.05) is 20.6 Å². The first-order valence-corrected chi connectivity index (χ1v) is 7.92.